The van der Waals surface area contributed by atoms with Gasteiger partial charge < -0.3 is 9.64 Å². The van der Waals surface area contributed by atoms with Gasteiger partial charge in [-0.25, -0.2) is 4.79 Å². The van der Waals surface area contributed by atoms with E-state index >= 15 is 0 Å². The highest BCUT2D eigenvalue weighted by molar-refractivity contribution is 5.85. The van der Waals surface area contributed by atoms with Crippen LogP contribution >= 0.6 is 0 Å². The SMILES string of the molecule is C=CCCC(=O)N1CCC[C@@H]1C(=O)OC(C)(C)C. The molecule has 0 aliphatic carbocycles. The summed E-state index contributed by atoms with van der Waals surface area (Å²) in [5.74, 6) is -0.268. The standard InChI is InChI=1S/C14H23NO3/c1-5-6-9-12(16)15-10-7-8-11(15)13(17)18-14(2,3)4/h5,11H,1,6-10H2,2-4H3/t11-/m1/s1. The highest BCUT2D eigenvalue weighted by Crippen LogP contribution is 2.22. The van der Waals surface area contributed by atoms with Crippen molar-refractivity contribution in [2.45, 2.75) is 58.1 Å². The number of amides is 1. The van der Waals surface area contributed by atoms with Crippen LogP contribution in [0.2, 0.25) is 0 Å². The zero-order valence-electron chi connectivity index (χ0n) is 11.6. The first-order chi connectivity index (χ1) is 8.35. The molecule has 0 radical (unpaired) electrons. The Bertz CT molecular complexity index is 330. The largest absolute Gasteiger partial charge is 0.458 e. The first kappa shape index (κ1) is 14.7. The Kier molecular flexibility index (Phi) is 4.93. The monoisotopic (exact) mass is 253 g/mol. The van der Waals surface area contributed by atoms with Gasteiger partial charge in [0.15, 0.2) is 0 Å². The lowest BCUT2D eigenvalue weighted by Gasteiger charge is -2.27. The van der Waals surface area contributed by atoms with Gasteiger partial charge in [-0.1, -0.05) is 6.08 Å². The van der Waals surface area contributed by atoms with Crippen LogP contribution < -0.4 is 0 Å². The molecule has 1 aliphatic rings. The molecule has 0 unspecified atom stereocenters. The third kappa shape index (κ3) is 4.17. The van der Waals surface area contributed by atoms with Crippen molar-refractivity contribution in [1.29, 1.82) is 0 Å². The number of rotatable bonds is 4. The lowest BCUT2D eigenvalue weighted by atomic mass is 10.1. The molecule has 1 atom stereocenters. The minimum Gasteiger partial charge on any atom is -0.458 e. The molecule has 1 heterocycles. The summed E-state index contributed by atoms with van der Waals surface area (Å²) in [6.07, 6.45) is 4.36. The van der Waals surface area contributed by atoms with E-state index in [0.29, 0.717) is 25.8 Å². The molecule has 18 heavy (non-hydrogen) atoms. The fraction of sp³-hybridized carbons (Fsp3) is 0.714. The molecule has 0 bridgehead atoms. The molecular weight excluding hydrogens is 230 g/mol. The first-order valence-electron chi connectivity index (χ1n) is 6.48. The summed E-state index contributed by atoms with van der Waals surface area (Å²) in [4.78, 5) is 25.6. The summed E-state index contributed by atoms with van der Waals surface area (Å²) in [6, 6.07) is -0.401. The first-order valence-corrected chi connectivity index (χ1v) is 6.48. The van der Waals surface area contributed by atoms with Gasteiger partial charge in [-0.05, 0) is 40.0 Å². The normalized spacial score (nSPS) is 19.7. The van der Waals surface area contributed by atoms with Crippen LogP contribution in [0, 0.1) is 0 Å². The zero-order chi connectivity index (χ0) is 13.8. The fourth-order valence-electron chi connectivity index (χ4n) is 2.05. The third-order valence-electron chi connectivity index (χ3n) is 2.81. The Morgan fingerprint density at radius 3 is 2.67 bits per heavy atom. The minimum atomic E-state index is -0.504. The van der Waals surface area contributed by atoms with Crippen molar-refractivity contribution in [1.82, 2.24) is 4.90 Å². The van der Waals surface area contributed by atoms with Crippen LogP contribution in [0.3, 0.4) is 0 Å². The average molecular weight is 253 g/mol. The second kappa shape index (κ2) is 6.03. The maximum absolute atomic E-state index is 12.0. The van der Waals surface area contributed by atoms with Crippen molar-refractivity contribution in [3.8, 4) is 0 Å². The van der Waals surface area contributed by atoms with Gasteiger partial charge in [-0.2, -0.15) is 0 Å². The van der Waals surface area contributed by atoms with Crippen LogP contribution in [0.15, 0.2) is 12.7 Å². The van der Waals surface area contributed by atoms with Gasteiger partial charge in [-0.3, -0.25) is 4.79 Å². The molecule has 102 valence electrons. The van der Waals surface area contributed by atoms with Gasteiger partial charge in [0.2, 0.25) is 5.91 Å². The van der Waals surface area contributed by atoms with Crippen LogP contribution in [0.25, 0.3) is 0 Å². The third-order valence-corrected chi connectivity index (χ3v) is 2.81. The van der Waals surface area contributed by atoms with E-state index in [2.05, 4.69) is 6.58 Å². The van der Waals surface area contributed by atoms with E-state index < -0.39 is 11.6 Å². The smallest absolute Gasteiger partial charge is 0.329 e. The molecular formula is C14H23NO3. The molecule has 1 fully saturated rings. The van der Waals surface area contributed by atoms with Crippen LogP contribution in [-0.4, -0.2) is 35.0 Å². The van der Waals surface area contributed by atoms with Crippen LogP contribution in [0.5, 0.6) is 0 Å². The van der Waals surface area contributed by atoms with Crippen molar-refractivity contribution in [3.05, 3.63) is 12.7 Å². The number of allylic oxidation sites excluding steroid dienone is 1. The maximum Gasteiger partial charge on any atom is 0.329 e. The molecule has 1 aliphatic heterocycles. The van der Waals surface area contributed by atoms with E-state index in [9.17, 15) is 9.59 Å². The molecule has 4 nitrogen and oxygen atoms in total. The molecule has 0 N–H and O–H groups in total. The number of ether oxygens (including phenoxy) is 1. The molecule has 1 saturated heterocycles. The van der Waals surface area contributed by atoms with Gasteiger partial charge in [0.1, 0.15) is 11.6 Å². The highest BCUT2D eigenvalue weighted by Gasteiger charge is 2.36. The van der Waals surface area contributed by atoms with Gasteiger partial charge in [0, 0.05) is 13.0 Å². The molecule has 1 amide bonds. The number of likely N-dealkylation sites (tertiary alicyclic amines) is 1. The fourth-order valence-corrected chi connectivity index (χ4v) is 2.05. The molecule has 0 spiro atoms. The van der Waals surface area contributed by atoms with Crippen LogP contribution in [0.4, 0.5) is 0 Å². The van der Waals surface area contributed by atoms with Crippen molar-refractivity contribution >= 4 is 11.9 Å². The summed E-state index contributed by atoms with van der Waals surface area (Å²) in [7, 11) is 0. The summed E-state index contributed by atoms with van der Waals surface area (Å²) >= 11 is 0. The molecule has 1 rings (SSSR count). The van der Waals surface area contributed by atoms with Crippen LogP contribution in [0.1, 0.15) is 46.5 Å². The van der Waals surface area contributed by atoms with Crippen LogP contribution in [-0.2, 0) is 14.3 Å². The quantitative estimate of drug-likeness (QED) is 0.570. The molecule has 0 saturated carbocycles. The molecule has 0 aromatic rings. The summed E-state index contributed by atoms with van der Waals surface area (Å²) in [5.41, 5.74) is -0.504. The second-order valence-electron chi connectivity index (χ2n) is 5.61. The summed E-state index contributed by atoms with van der Waals surface area (Å²) in [5, 5.41) is 0. The van der Waals surface area contributed by atoms with Crippen molar-refractivity contribution in [2.24, 2.45) is 0 Å². The number of esters is 1. The van der Waals surface area contributed by atoms with Crippen molar-refractivity contribution < 1.29 is 14.3 Å². The lowest BCUT2D eigenvalue weighted by molar-refractivity contribution is -0.163. The molecule has 0 aromatic heterocycles. The number of carbonyl (C=O) groups excluding carboxylic acids is 2. The molecule has 0 aromatic carbocycles. The Balaban J connectivity index is 2.61. The topological polar surface area (TPSA) is 46.6 Å². The number of hydrogen-bond donors (Lipinski definition) is 0. The minimum absolute atomic E-state index is 0.0169. The zero-order valence-corrected chi connectivity index (χ0v) is 11.6. The average Bonchev–Trinajstić information content (AvgIpc) is 2.72. The summed E-state index contributed by atoms with van der Waals surface area (Å²) in [6.45, 7) is 9.76. The van der Waals surface area contributed by atoms with E-state index in [0.717, 1.165) is 6.42 Å². The Morgan fingerprint density at radius 1 is 1.44 bits per heavy atom. The number of nitrogens with zero attached hydrogens (tertiary/aromatic N) is 1. The van der Waals surface area contributed by atoms with Gasteiger partial charge in [-0.15, -0.1) is 6.58 Å². The molecule has 4 heteroatoms. The second-order valence-corrected chi connectivity index (χ2v) is 5.61. The van der Waals surface area contributed by atoms with Gasteiger partial charge >= 0.3 is 5.97 Å². The number of carbonyl (C=O) groups is 2. The van der Waals surface area contributed by atoms with E-state index in [4.69, 9.17) is 4.74 Å². The highest BCUT2D eigenvalue weighted by atomic mass is 16.6. The van der Waals surface area contributed by atoms with Gasteiger partial charge in [0.25, 0.3) is 0 Å². The van der Waals surface area contributed by atoms with E-state index in [1.165, 1.54) is 0 Å². The van der Waals surface area contributed by atoms with E-state index in [1.807, 2.05) is 20.8 Å². The van der Waals surface area contributed by atoms with E-state index in [1.54, 1.807) is 11.0 Å². The predicted molar refractivity (Wildman–Crippen MR) is 70.0 cm³/mol. The maximum atomic E-state index is 12.0. The number of hydrogen-bond acceptors (Lipinski definition) is 3. The Labute approximate surface area is 109 Å². The Morgan fingerprint density at radius 2 is 2.11 bits per heavy atom. The van der Waals surface area contributed by atoms with Crippen molar-refractivity contribution in [3.63, 3.8) is 0 Å². The Hall–Kier alpha value is -1.32. The van der Waals surface area contributed by atoms with E-state index in [-0.39, 0.29) is 11.9 Å². The predicted octanol–water partition coefficient (Wildman–Crippen LogP) is 2.29. The van der Waals surface area contributed by atoms with Crippen molar-refractivity contribution in [2.75, 3.05) is 6.54 Å². The summed E-state index contributed by atoms with van der Waals surface area (Å²) < 4.78 is 5.35. The lowest BCUT2D eigenvalue weighted by Crippen LogP contribution is -2.43. The van der Waals surface area contributed by atoms with Gasteiger partial charge in [0.05, 0.1) is 0 Å².